The van der Waals surface area contributed by atoms with Crippen molar-refractivity contribution in [2.24, 2.45) is 0 Å². The van der Waals surface area contributed by atoms with Crippen LogP contribution in [0.3, 0.4) is 0 Å². The molecular formula is C20H25N. The SMILES string of the molecule is Cc1ccc(C2(Cc3ccc(C(C)C)cc3)CNC2)cc1. The van der Waals surface area contributed by atoms with Crippen LogP contribution in [-0.4, -0.2) is 13.1 Å². The van der Waals surface area contributed by atoms with E-state index in [-0.39, 0.29) is 5.41 Å². The summed E-state index contributed by atoms with van der Waals surface area (Å²) in [6.07, 6.45) is 1.13. The van der Waals surface area contributed by atoms with Gasteiger partial charge in [-0.25, -0.2) is 0 Å². The molecule has 1 fully saturated rings. The molecule has 21 heavy (non-hydrogen) atoms. The lowest BCUT2D eigenvalue weighted by molar-refractivity contribution is 0.274. The molecule has 0 radical (unpaired) electrons. The molecule has 1 aliphatic rings. The van der Waals surface area contributed by atoms with Gasteiger partial charge in [-0.3, -0.25) is 0 Å². The predicted molar refractivity (Wildman–Crippen MR) is 90.0 cm³/mol. The Balaban J connectivity index is 1.82. The summed E-state index contributed by atoms with van der Waals surface area (Å²) in [4.78, 5) is 0. The van der Waals surface area contributed by atoms with Crippen LogP contribution in [0.25, 0.3) is 0 Å². The number of rotatable bonds is 4. The molecule has 0 spiro atoms. The summed E-state index contributed by atoms with van der Waals surface area (Å²) < 4.78 is 0. The fraction of sp³-hybridized carbons (Fsp3) is 0.400. The van der Waals surface area contributed by atoms with E-state index < -0.39 is 0 Å². The van der Waals surface area contributed by atoms with Crippen LogP contribution in [0.2, 0.25) is 0 Å². The van der Waals surface area contributed by atoms with Gasteiger partial charge in [0.15, 0.2) is 0 Å². The highest BCUT2D eigenvalue weighted by molar-refractivity contribution is 5.36. The molecule has 110 valence electrons. The highest BCUT2D eigenvalue weighted by Crippen LogP contribution is 2.33. The summed E-state index contributed by atoms with van der Waals surface area (Å²) in [5.41, 5.74) is 5.96. The average molecular weight is 279 g/mol. The summed E-state index contributed by atoms with van der Waals surface area (Å²) in [6.45, 7) is 8.82. The molecule has 0 amide bonds. The monoisotopic (exact) mass is 279 g/mol. The smallest absolute Gasteiger partial charge is 0.0242 e. The number of hydrogen-bond acceptors (Lipinski definition) is 1. The van der Waals surface area contributed by atoms with Gasteiger partial charge in [-0.1, -0.05) is 67.9 Å². The molecule has 1 saturated heterocycles. The minimum Gasteiger partial charge on any atom is -0.315 e. The summed E-state index contributed by atoms with van der Waals surface area (Å²) in [6, 6.07) is 18.3. The van der Waals surface area contributed by atoms with Crippen molar-refractivity contribution in [3.05, 3.63) is 70.8 Å². The molecule has 0 aliphatic carbocycles. The molecule has 0 atom stereocenters. The van der Waals surface area contributed by atoms with E-state index in [0.717, 1.165) is 19.5 Å². The van der Waals surface area contributed by atoms with Crippen molar-refractivity contribution in [3.8, 4) is 0 Å². The van der Waals surface area contributed by atoms with Gasteiger partial charge in [0.2, 0.25) is 0 Å². The molecule has 2 aromatic rings. The second kappa shape index (κ2) is 5.65. The van der Waals surface area contributed by atoms with Crippen molar-refractivity contribution in [1.29, 1.82) is 0 Å². The van der Waals surface area contributed by atoms with Crippen LogP contribution >= 0.6 is 0 Å². The first-order chi connectivity index (χ1) is 10.1. The van der Waals surface area contributed by atoms with Gasteiger partial charge in [0.05, 0.1) is 0 Å². The second-order valence-corrected chi connectivity index (χ2v) is 6.82. The molecule has 1 heterocycles. The number of hydrogen-bond donors (Lipinski definition) is 1. The lowest BCUT2D eigenvalue weighted by Crippen LogP contribution is -2.58. The van der Waals surface area contributed by atoms with E-state index in [1.165, 1.54) is 22.3 Å². The molecule has 0 aromatic heterocycles. The minimum absolute atomic E-state index is 0.285. The Morgan fingerprint density at radius 2 is 1.57 bits per heavy atom. The Bertz CT molecular complexity index is 589. The maximum atomic E-state index is 3.47. The number of benzene rings is 2. The largest absolute Gasteiger partial charge is 0.315 e. The minimum atomic E-state index is 0.285. The van der Waals surface area contributed by atoms with Crippen LogP contribution in [0, 0.1) is 6.92 Å². The van der Waals surface area contributed by atoms with Crippen LogP contribution in [0.15, 0.2) is 48.5 Å². The van der Waals surface area contributed by atoms with Gasteiger partial charge in [0.25, 0.3) is 0 Å². The van der Waals surface area contributed by atoms with Crippen molar-refractivity contribution < 1.29 is 0 Å². The van der Waals surface area contributed by atoms with Crippen LogP contribution in [0.4, 0.5) is 0 Å². The molecule has 3 rings (SSSR count). The van der Waals surface area contributed by atoms with Gasteiger partial charge in [-0.05, 0) is 36.0 Å². The van der Waals surface area contributed by atoms with Gasteiger partial charge in [0, 0.05) is 18.5 Å². The quantitative estimate of drug-likeness (QED) is 0.884. The van der Waals surface area contributed by atoms with Crippen molar-refractivity contribution >= 4 is 0 Å². The second-order valence-electron chi connectivity index (χ2n) is 6.82. The highest BCUT2D eigenvalue weighted by atomic mass is 15.0. The van der Waals surface area contributed by atoms with Crippen LogP contribution < -0.4 is 5.32 Å². The third-order valence-electron chi connectivity index (χ3n) is 4.78. The molecule has 0 unspecified atom stereocenters. The van der Waals surface area contributed by atoms with E-state index in [4.69, 9.17) is 0 Å². The standard InChI is InChI=1S/C20H25N/c1-15(2)18-8-6-17(7-9-18)12-20(13-21-14-20)19-10-4-16(3)5-11-19/h4-11,15,21H,12-14H2,1-3H3. The van der Waals surface area contributed by atoms with Gasteiger partial charge < -0.3 is 5.32 Å². The van der Waals surface area contributed by atoms with Crippen molar-refractivity contribution in [3.63, 3.8) is 0 Å². The van der Waals surface area contributed by atoms with E-state index in [0.29, 0.717) is 5.92 Å². The zero-order valence-corrected chi connectivity index (χ0v) is 13.3. The summed E-state index contributed by atoms with van der Waals surface area (Å²) in [5.74, 6) is 0.607. The zero-order valence-electron chi connectivity index (χ0n) is 13.3. The first-order valence-electron chi connectivity index (χ1n) is 7.96. The molecular weight excluding hydrogens is 254 g/mol. The first-order valence-corrected chi connectivity index (χ1v) is 7.96. The third-order valence-corrected chi connectivity index (χ3v) is 4.78. The fourth-order valence-corrected chi connectivity index (χ4v) is 3.18. The average Bonchev–Trinajstić information content (AvgIpc) is 2.44. The summed E-state index contributed by atoms with van der Waals surface area (Å²) >= 11 is 0. The van der Waals surface area contributed by atoms with E-state index in [1.54, 1.807) is 0 Å². The summed E-state index contributed by atoms with van der Waals surface area (Å²) in [5, 5.41) is 3.47. The molecule has 2 aromatic carbocycles. The van der Waals surface area contributed by atoms with Crippen molar-refractivity contribution in [1.82, 2.24) is 5.32 Å². The van der Waals surface area contributed by atoms with Gasteiger partial charge in [-0.15, -0.1) is 0 Å². The molecule has 0 bridgehead atoms. The van der Waals surface area contributed by atoms with E-state index >= 15 is 0 Å². The maximum absolute atomic E-state index is 3.47. The Hall–Kier alpha value is -1.60. The first kappa shape index (κ1) is 14.3. The van der Waals surface area contributed by atoms with Crippen molar-refractivity contribution in [2.75, 3.05) is 13.1 Å². The Kier molecular flexibility index (Phi) is 3.86. The Morgan fingerprint density at radius 1 is 0.952 bits per heavy atom. The van der Waals surface area contributed by atoms with Crippen LogP contribution in [0.1, 0.15) is 42.0 Å². The van der Waals surface area contributed by atoms with Crippen LogP contribution in [-0.2, 0) is 11.8 Å². The van der Waals surface area contributed by atoms with E-state index in [2.05, 4.69) is 74.6 Å². The number of nitrogens with one attached hydrogen (secondary N) is 1. The molecule has 1 heteroatoms. The lowest BCUT2D eigenvalue weighted by Gasteiger charge is -2.43. The molecule has 1 aliphatic heterocycles. The van der Waals surface area contributed by atoms with Crippen LogP contribution in [0.5, 0.6) is 0 Å². The zero-order chi connectivity index (χ0) is 14.9. The molecule has 1 N–H and O–H groups in total. The van der Waals surface area contributed by atoms with Crippen molar-refractivity contribution in [2.45, 2.75) is 38.5 Å². The van der Waals surface area contributed by atoms with Gasteiger partial charge in [0.1, 0.15) is 0 Å². The fourth-order valence-electron chi connectivity index (χ4n) is 3.18. The Morgan fingerprint density at radius 3 is 2.05 bits per heavy atom. The highest BCUT2D eigenvalue weighted by Gasteiger charge is 2.38. The van der Waals surface area contributed by atoms with E-state index in [9.17, 15) is 0 Å². The molecule has 0 saturated carbocycles. The van der Waals surface area contributed by atoms with E-state index in [1.807, 2.05) is 0 Å². The van der Waals surface area contributed by atoms with Gasteiger partial charge in [-0.2, -0.15) is 0 Å². The predicted octanol–water partition coefficient (Wildman–Crippen LogP) is 4.20. The van der Waals surface area contributed by atoms with Gasteiger partial charge >= 0.3 is 0 Å². The third kappa shape index (κ3) is 2.89. The number of aryl methyl sites for hydroxylation is 1. The summed E-state index contributed by atoms with van der Waals surface area (Å²) in [7, 11) is 0. The topological polar surface area (TPSA) is 12.0 Å². The maximum Gasteiger partial charge on any atom is 0.0242 e. The Labute approximate surface area is 128 Å². The molecule has 1 nitrogen and oxygen atoms in total. The lowest BCUT2D eigenvalue weighted by atomic mass is 9.71. The normalized spacial score (nSPS) is 16.8.